The van der Waals surface area contributed by atoms with Crippen molar-refractivity contribution in [2.24, 2.45) is 0 Å². The monoisotopic (exact) mass is 351 g/mol. The van der Waals surface area contributed by atoms with Crippen molar-refractivity contribution in [2.45, 2.75) is 32.1 Å². The van der Waals surface area contributed by atoms with Gasteiger partial charge in [-0.15, -0.1) is 0 Å². The maximum absolute atomic E-state index is 12.1. The van der Waals surface area contributed by atoms with Crippen molar-refractivity contribution in [3.8, 4) is 11.3 Å². The lowest BCUT2D eigenvalue weighted by molar-refractivity contribution is -0.115. The molecule has 2 aliphatic heterocycles. The molecule has 6 nitrogen and oxygen atoms in total. The smallest absolute Gasteiger partial charge is 0.228 e. The minimum atomic E-state index is -0.0255. The first kappa shape index (κ1) is 17.0. The van der Waals surface area contributed by atoms with Crippen molar-refractivity contribution in [1.82, 2.24) is 14.9 Å². The minimum absolute atomic E-state index is 0.0255. The van der Waals surface area contributed by atoms with E-state index < -0.39 is 0 Å². The number of amides is 1. The van der Waals surface area contributed by atoms with Crippen LogP contribution >= 0.6 is 0 Å². The van der Waals surface area contributed by atoms with Crippen molar-refractivity contribution in [2.75, 3.05) is 36.8 Å². The van der Waals surface area contributed by atoms with Crippen LogP contribution in [0.1, 0.15) is 31.2 Å². The van der Waals surface area contributed by atoms with Crippen LogP contribution in [0.2, 0.25) is 0 Å². The van der Waals surface area contributed by atoms with Crippen molar-refractivity contribution in [1.29, 1.82) is 0 Å². The number of anilines is 2. The molecule has 0 radical (unpaired) electrons. The highest BCUT2D eigenvalue weighted by Gasteiger charge is 2.20. The zero-order valence-electron chi connectivity index (χ0n) is 15.0. The Hall–Kier alpha value is -2.47. The van der Waals surface area contributed by atoms with Crippen LogP contribution in [-0.2, 0) is 11.2 Å². The van der Waals surface area contributed by atoms with E-state index in [1.165, 1.54) is 38.9 Å². The van der Waals surface area contributed by atoms with Gasteiger partial charge in [0.1, 0.15) is 0 Å². The fourth-order valence-corrected chi connectivity index (χ4v) is 3.69. The fourth-order valence-electron chi connectivity index (χ4n) is 3.69. The van der Waals surface area contributed by atoms with Crippen LogP contribution in [0.25, 0.3) is 11.3 Å². The van der Waals surface area contributed by atoms with E-state index in [-0.39, 0.29) is 5.91 Å². The maximum Gasteiger partial charge on any atom is 0.228 e. The largest absolute Gasteiger partial charge is 0.354 e. The van der Waals surface area contributed by atoms with Gasteiger partial charge in [-0.1, -0.05) is 18.2 Å². The second kappa shape index (κ2) is 7.83. The topological polar surface area (TPSA) is 70.2 Å². The fraction of sp³-hybridized carbons (Fsp3) is 0.450. The van der Waals surface area contributed by atoms with E-state index in [9.17, 15) is 4.79 Å². The Morgan fingerprint density at radius 1 is 1.15 bits per heavy atom. The van der Waals surface area contributed by atoms with Gasteiger partial charge in [0.05, 0.1) is 17.8 Å². The molecule has 0 saturated carbocycles. The maximum atomic E-state index is 12.1. The predicted molar refractivity (Wildman–Crippen MR) is 103 cm³/mol. The lowest BCUT2D eigenvalue weighted by Gasteiger charge is -2.14. The summed E-state index contributed by atoms with van der Waals surface area (Å²) in [4.78, 5) is 23.7. The number of likely N-dealkylation sites (tertiary alicyclic amines) is 1. The molecule has 0 spiro atoms. The molecule has 2 aliphatic rings. The third kappa shape index (κ3) is 3.85. The van der Waals surface area contributed by atoms with E-state index in [0.717, 1.165) is 35.5 Å². The number of hydrogen-bond donors (Lipinski definition) is 2. The van der Waals surface area contributed by atoms with Gasteiger partial charge in [0.2, 0.25) is 11.9 Å². The van der Waals surface area contributed by atoms with Gasteiger partial charge in [-0.25, -0.2) is 9.97 Å². The minimum Gasteiger partial charge on any atom is -0.354 e. The van der Waals surface area contributed by atoms with Crippen molar-refractivity contribution >= 4 is 17.5 Å². The highest BCUT2D eigenvalue weighted by atomic mass is 16.1. The first-order chi connectivity index (χ1) is 12.8. The molecule has 0 atom stereocenters. The predicted octanol–water partition coefficient (Wildman–Crippen LogP) is 2.93. The normalized spacial score (nSPS) is 16.5. The number of nitrogens with one attached hydrogen (secondary N) is 2. The number of aromatic nitrogens is 2. The number of unbranched alkanes of at least 4 members (excludes halogenated alkanes) is 1. The summed E-state index contributed by atoms with van der Waals surface area (Å²) in [5.41, 5.74) is 3.47. The summed E-state index contributed by atoms with van der Waals surface area (Å²) in [6.07, 6.45) is 7.07. The van der Waals surface area contributed by atoms with E-state index in [1.807, 2.05) is 24.3 Å². The average Bonchev–Trinajstić information content (AvgIpc) is 3.11. The summed E-state index contributed by atoms with van der Waals surface area (Å²) in [6, 6.07) is 7.79. The third-order valence-electron chi connectivity index (χ3n) is 5.05. The van der Waals surface area contributed by atoms with E-state index in [0.29, 0.717) is 12.4 Å². The first-order valence-electron chi connectivity index (χ1n) is 9.51. The summed E-state index contributed by atoms with van der Waals surface area (Å²) >= 11 is 0. The Morgan fingerprint density at radius 3 is 2.88 bits per heavy atom. The Kier molecular flexibility index (Phi) is 5.11. The van der Waals surface area contributed by atoms with Crippen LogP contribution < -0.4 is 10.6 Å². The Balaban J connectivity index is 1.40. The average molecular weight is 351 g/mol. The lowest BCUT2D eigenvalue weighted by Crippen LogP contribution is -2.21. The van der Waals surface area contributed by atoms with Gasteiger partial charge >= 0.3 is 0 Å². The van der Waals surface area contributed by atoms with Crippen LogP contribution in [-0.4, -0.2) is 47.0 Å². The molecule has 0 bridgehead atoms. The van der Waals surface area contributed by atoms with Gasteiger partial charge in [0, 0.05) is 23.9 Å². The lowest BCUT2D eigenvalue weighted by atomic mass is 10.1. The Labute approximate surface area is 154 Å². The number of benzene rings is 1. The summed E-state index contributed by atoms with van der Waals surface area (Å²) in [5.74, 6) is 0.608. The molecule has 2 N–H and O–H groups in total. The first-order valence-corrected chi connectivity index (χ1v) is 9.51. The highest BCUT2D eigenvalue weighted by molar-refractivity contribution is 5.99. The molecule has 1 aromatic heterocycles. The molecule has 136 valence electrons. The van der Waals surface area contributed by atoms with Crippen LogP contribution in [0.15, 0.2) is 30.5 Å². The van der Waals surface area contributed by atoms with E-state index in [1.54, 1.807) is 6.20 Å². The number of para-hydroxylation sites is 1. The SMILES string of the molecule is O=C1Cc2cnc(NCCCCN3CCCC3)nc2-c2ccccc2N1. The van der Waals surface area contributed by atoms with Crippen molar-refractivity contribution < 1.29 is 4.79 Å². The summed E-state index contributed by atoms with van der Waals surface area (Å²) in [7, 11) is 0. The van der Waals surface area contributed by atoms with Gasteiger partial charge in [0.15, 0.2) is 0 Å². The third-order valence-corrected chi connectivity index (χ3v) is 5.05. The second-order valence-electron chi connectivity index (χ2n) is 7.02. The molecule has 2 aromatic rings. The number of nitrogens with zero attached hydrogens (tertiary/aromatic N) is 3. The second-order valence-corrected chi connectivity index (χ2v) is 7.02. The quantitative estimate of drug-likeness (QED) is 0.783. The summed E-state index contributed by atoms with van der Waals surface area (Å²) in [6.45, 7) is 4.57. The van der Waals surface area contributed by atoms with Crippen LogP contribution in [0, 0.1) is 0 Å². The van der Waals surface area contributed by atoms with Crippen LogP contribution in [0.4, 0.5) is 11.6 Å². The molecule has 26 heavy (non-hydrogen) atoms. The highest BCUT2D eigenvalue weighted by Crippen LogP contribution is 2.32. The van der Waals surface area contributed by atoms with Crippen LogP contribution in [0.3, 0.4) is 0 Å². The molecule has 1 aromatic carbocycles. The zero-order chi connectivity index (χ0) is 17.8. The van der Waals surface area contributed by atoms with Gasteiger partial charge in [-0.3, -0.25) is 4.79 Å². The zero-order valence-corrected chi connectivity index (χ0v) is 15.0. The molecule has 0 aliphatic carbocycles. The van der Waals surface area contributed by atoms with Crippen molar-refractivity contribution in [3.05, 3.63) is 36.0 Å². The molecule has 1 amide bonds. The molecule has 0 unspecified atom stereocenters. The number of hydrogen-bond acceptors (Lipinski definition) is 5. The molecule has 1 saturated heterocycles. The van der Waals surface area contributed by atoms with Crippen molar-refractivity contribution in [3.63, 3.8) is 0 Å². The van der Waals surface area contributed by atoms with Gasteiger partial charge in [-0.2, -0.15) is 0 Å². The van der Waals surface area contributed by atoms with E-state index in [2.05, 4.69) is 20.5 Å². The molecular formula is C20H25N5O. The van der Waals surface area contributed by atoms with E-state index in [4.69, 9.17) is 4.98 Å². The molecule has 1 fully saturated rings. The van der Waals surface area contributed by atoms with Crippen LogP contribution in [0.5, 0.6) is 0 Å². The number of fused-ring (bicyclic) bond motifs is 3. The Morgan fingerprint density at radius 2 is 2.00 bits per heavy atom. The van der Waals surface area contributed by atoms with Gasteiger partial charge in [-0.05, 0) is 51.4 Å². The standard InChI is InChI=1S/C20H25N5O/c26-18-13-15-14-22-20(21-9-3-4-10-25-11-5-6-12-25)24-19(15)16-7-1-2-8-17(16)23-18/h1-2,7-8,14H,3-6,9-13H2,(H,23,26)(H,21,22,24). The number of carbonyl (C=O) groups is 1. The Bertz CT molecular complexity index is 786. The summed E-state index contributed by atoms with van der Waals surface area (Å²) < 4.78 is 0. The number of carbonyl (C=O) groups excluding carboxylic acids is 1. The molecule has 3 heterocycles. The number of rotatable bonds is 6. The summed E-state index contributed by atoms with van der Waals surface area (Å²) in [5, 5.41) is 6.28. The van der Waals surface area contributed by atoms with Gasteiger partial charge in [0.25, 0.3) is 0 Å². The molecule has 4 rings (SSSR count). The molecule has 6 heteroatoms. The van der Waals surface area contributed by atoms with Gasteiger partial charge < -0.3 is 15.5 Å². The van der Waals surface area contributed by atoms with E-state index >= 15 is 0 Å². The molecular weight excluding hydrogens is 326 g/mol.